The lowest BCUT2D eigenvalue weighted by Gasteiger charge is -2.14. The number of halogens is 2. The van der Waals surface area contributed by atoms with Gasteiger partial charge in [0.1, 0.15) is 5.82 Å². The molecule has 1 N–H and O–H groups in total. The van der Waals surface area contributed by atoms with Crippen LogP contribution in [0.15, 0.2) is 47.2 Å². The van der Waals surface area contributed by atoms with E-state index in [9.17, 15) is 9.18 Å². The van der Waals surface area contributed by atoms with Gasteiger partial charge < -0.3 is 5.32 Å². The van der Waals surface area contributed by atoms with E-state index in [1.54, 1.807) is 12.4 Å². The summed E-state index contributed by atoms with van der Waals surface area (Å²) in [6, 6.07) is 7.51. The Balaban J connectivity index is 2.13. The van der Waals surface area contributed by atoms with Gasteiger partial charge in [-0.3, -0.25) is 9.78 Å². The van der Waals surface area contributed by atoms with E-state index >= 15 is 0 Å². The normalized spacial score (nSPS) is 11.9. The van der Waals surface area contributed by atoms with Gasteiger partial charge in [0.25, 0.3) is 5.91 Å². The lowest BCUT2D eigenvalue weighted by molar-refractivity contribution is 0.0939. The van der Waals surface area contributed by atoms with Gasteiger partial charge in [0, 0.05) is 16.9 Å². The minimum absolute atomic E-state index is 0.146. The first kappa shape index (κ1) is 13.7. The largest absolute Gasteiger partial charge is 0.345 e. The molecule has 98 valence electrons. The summed E-state index contributed by atoms with van der Waals surface area (Å²) in [4.78, 5) is 16.0. The van der Waals surface area contributed by atoms with Crippen LogP contribution in [-0.2, 0) is 0 Å². The Morgan fingerprint density at radius 1 is 1.32 bits per heavy atom. The third kappa shape index (κ3) is 3.38. The molecular formula is C14H12BrFN2O. The number of nitrogens with zero attached hydrogens (tertiary/aromatic N) is 1. The van der Waals surface area contributed by atoms with Crippen molar-refractivity contribution in [1.29, 1.82) is 0 Å². The molecule has 1 aromatic heterocycles. The summed E-state index contributed by atoms with van der Waals surface area (Å²) in [5.41, 5.74) is 1.36. The van der Waals surface area contributed by atoms with Crippen molar-refractivity contribution in [3.63, 3.8) is 0 Å². The molecule has 1 atom stereocenters. The maximum Gasteiger partial charge on any atom is 0.252 e. The first-order valence-electron chi connectivity index (χ1n) is 5.74. The molecule has 0 aliphatic heterocycles. The summed E-state index contributed by atoms with van der Waals surface area (Å²) in [5.74, 6) is -0.637. The summed E-state index contributed by atoms with van der Waals surface area (Å²) in [7, 11) is 0. The Morgan fingerprint density at radius 3 is 2.63 bits per heavy atom. The molecule has 0 radical (unpaired) electrons. The van der Waals surface area contributed by atoms with Crippen LogP contribution in [0.4, 0.5) is 4.39 Å². The molecule has 5 heteroatoms. The average molecular weight is 323 g/mol. The Bertz CT molecular complexity index is 589. The van der Waals surface area contributed by atoms with Crippen molar-refractivity contribution in [3.05, 3.63) is 64.1 Å². The molecule has 1 aromatic carbocycles. The van der Waals surface area contributed by atoms with E-state index in [2.05, 4.69) is 26.2 Å². The predicted octanol–water partition coefficient (Wildman–Crippen LogP) is 3.47. The fraction of sp³-hybridized carbons (Fsp3) is 0.143. The van der Waals surface area contributed by atoms with Crippen LogP contribution < -0.4 is 5.32 Å². The maximum atomic E-state index is 13.0. The zero-order valence-corrected chi connectivity index (χ0v) is 11.8. The van der Waals surface area contributed by atoms with Crippen molar-refractivity contribution in [1.82, 2.24) is 10.3 Å². The third-order valence-electron chi connectivity index (χ3n) is 2.73. The van der Waals surface area contributed by atoms with Crippen LogP contribution in [0.2, 0.25) is 0 Å². The molecule has 0 aliphatic rings. The summed E-state index contributed by atoms with van der Waals surface area (Å²) in [5, 5.41) is 2.85. The number of aromatic nitrogens is 1. The van der Waals surface area contributed by atoms with Crippen LogP contribution in [0, 0.1) is 5.82 Å². The number of amides is 1. The zero-order valence-electron chi connectivity index (χ0n) is 10.2. The quantitative estimate of drug-likeness (QED) is 0.940. The number of pyridine rings is 1. The molecule has 19 heavy (non-hydrogen) atoms. The van der Waals surface area contributed by atoms with Crippen LogP contribution in [-0.4, -0.2) is 10.9 Å². The molecule has 1 heterocycles. The van der Waals surface area contributed by atoms with Gasteiger partial charge in [-0.1, -0.05) is 0 Å². The molecule has 0 spiro atoms. The SMILES string of the molecule is C[C@H](NC(=O)c1ccc(F)cc1Br)c1ccncc1. The van der Waals surface area contributed by atoms with E-state index in [-0.39, 0.29) is 17.8 Å². The molecule has 0 saturated carbocycles. The molecule has 0 saturated heterocycles. The van der Waals surface area contributed by atoms with Crippen LogP contribution in [0.3, 0.4) is 0 Å². The molecule has 0 bridgehead atoms. The highest BCUT2D eigenvalue weighted by molar-refractivity contribution is 9.10. The number of rotatable bonds is 3. The van der Waals surface area contributed by atoms with Gasteiger partial charge in [-0.05, 0) is 58.7 Å². The predicted molar refractivity (Wildman–Crippen MR) is 74.2 cm³/mol. The second kappa shape index (κ2) is 5.93. The van der Waals surface area contributed by atoms with E-state index in [4.69, 9.17) is 0 Å². The molecule has 2 aromatic rings. The second-order valence-corrected chi connectivity index (χ2v) is 4.95. The standard InChI is InChI=1S/C14H12BrFN2O/c1-9(10-4-6-17-7-5-10)18-14(19)12-3-2-11(16)8-13(12)15/h2-9H,1H3,(H,18,19)/t9-/m0/s1. The molecule has 2 rings (SSSR count). The fourth-order valence-corrected chi connectivity index (χ4v) is 2.21. The number of carbonyl (C=O) groups is 1. The van der Waals surface area contributed by atoms with E-state index in [1.807, 2.05) is 19.1 Å². The van der Waals surface area contributed by atoms with Crippen molar-refractivity contribution in [2.24, 2.45) is 0 Å². The average Bonchev–Trinajstić information content (AvgIpc) is 2.39. The van der Waals surface area contributed by atoms with Gasteiger partial charge in [0.05, 0.1) is 11.6 Å². The van der Waals surface area contributed by atoms with Crippen LogP contribution in [0.1, 0.15) is 28.9 Å². The Labute approximate surface area is 119 Å². The van der Waals surface area contributed by atoms with Crippen molar-refractivity contribution >= 4 is 21.8 Å². The van der Waals surface area contributed by atoms with Gasteiger partial charge >= 0.3 is 0 Å². The first-order valence-corrected chi connectivity index (χ1v) is 6.53. The second-order valence-electron chi connectivity index (χ2n) is 4.10. The lowest BCUT2D eigenvalue weighted by Crippen LogP contribution is -2.27. The van der Waals surface area contributed by atoms with Gasteiger partial charge in [-0.15, -0.1) is 0 Å². The maximum absolute atomic E-state index is 13.0. The summed E-state index contributed by atoms with van der Waals surface area (Å²) >= 11 is 3.18. The minimum Gasteiger partial charge on any atom is -0.345 e. The molecule has 3 nitrogen and oxygen atoms in total. The minimum atomic E-state index is -0.384. The van der Waals surface area contributed by atoms with Crippen LogP contribution in [0.25, 0.3) is 0 Å². The van der Waals surface area contributed by atoms with Crippen LogP contribution >= 0.6 is 15.9 Å². The number of hydrogen-bond donors (Lipinski definition) is 1. The smallest absolute Gasteiger partial charge is 0.252 e. The topological polar surface area (TPSA) is 42.0 Å². The van der Waals surface area contributed by atoms with Crippen molar-refractivity contribution in [2.45, 2.75) is 13.0 Å². The number of carbonyl (C=O) groups excluding carboxylic acids is 1. The molecule has 1 amide bonds. The Morgan fingerprint density at radius 2 is 2.00 bits per heavy atom. The van der Waals surface area contributed by atoms with E-state index in [1.165, 1.54) is 18.2 Å². The summed E-state index contributed by atoms with van der Waals surface area (Å²) < 4.78 is 13.4. The molecule has 0 unspecified atom stereocenters. The zero-order chi connectivity index (χ0) is 13.8. The highest BCUT2D eigenvalue weighted by atomic mass is 79.9. The highest BCUT2D eigenvalue weighted by Gasteiger charge is 2.14. The van der Waals surface area contributed by atoms with Crippen molar-refractivity contribution in [3.8, 4) is 0 Å². The number of benzene rings is 1. The third-order valence-corrected chi connectivity index (χ3v) is 3.39. The number of nitrogens with one attached hydrogen (secondary N) is 1. The van der Waals surface area contributed by atoms with E-state index in [0.29, 0.717) is 10.0 Å². The summed E-state index contributed by atoms with van der Waals surface area (Å²) in [6.07, 6.45) is 3.34. The van der Waals surface area contributed by atoms with Crippen molar-refractivity contribution in [2.75, 3.05) is 0 Å². The van der Waals surface area contributed by atoms with E-state index < -0.39 is 0 Å². The van der Waals surface area contributed by atoms with Crippen LogP contribution in [0.5, 0.6) is 0 Å². The number of hydrogen-bond acceptors (Lipinski definition) is 2. The summed E-state index contributed by atoms with van der Waals surface area (Å²) in [6.45, 7) is 1.88. The van der Waals surface area contributed by atoms with E-state index in [0.717, 1.165) is 5.56 Å². The molecule has 0 aliphatic carbocycles. The first-order chi connectivity index (χ1) is 9.08. The fourth-order valence-electron chi connectivity index (χ4n) is 1.68. The Hall–Kier alpha value is -1.75. The lowest BCUT2D eigenvalue weighted by atomic mass is 10.1. The molecule has 0 fully saturated rings. The van der Waals surface area contributed by atoms with Gasteiger partial charge in [0.15, 0.2) is 0 Å². The van der Waals surface area contributed by atoms with Gasteiger partial charge in [-0.25, -0.2) is 4.39 Å². The monoisotopic (exact) mass is 322 g/mol. The van der Waals surface area contributed by atoms with Gasteiger partial charge in [0.2, 0.25) is 0 Å². The van der Waals surface area contributed by atoms with Gasteiger partial charge in [-0.2, -0.15) is 0 Å². The Kier molecular flexibility index (Phi) is 4.27. The molecular weight excluding hydrogens is 311 g/mol. The van der Waals surface area contributed by atoms with Crippen molar-refractivity contribution < 1.29 is 9.18 Å². The highest BCUT2D eigenvalue weighted by Crippen LogP contribution is 2.19.